The zero-order chi connectivity index (χ0) is 32.1. The monoisotopic (exact) mass is 688 g/mol. The SMILES string of the molecule is C=CCCCCCCCCC(=O)OS(=O)(=O)O.C[C@]12CCC(=O)C=C1CC[C@@H]1[C@@H]2C(=O)C[C@@]2(C)[C@H]1CC[C@]2(O)C(=O)CO.[Zn]. The van der Waals surface area contributed by atoms with Crippen LogP contribution in [0.5, 0.6) is 0 Å². The van der Waals surface area contributed by atoms with Crippen molar-refractivity contribution >= 4 is 33.7 Å². The number of allylic oxidation sites excluding steroid dienone is 2. The van der Waals surface area contributed by atoms with Gasteiger partial charge in [0.15, 0.2) is 11.6 Å². The van der Waals surface area contributed by atoms with Gasteiger partial charge in [-0.25, -0.2) is 0 Å². The molecule has 0 aliphatic heterocycles. The van der Waals surface area contributed by atoms with Crippen LogP contribution in [0.25, 0.3) is 0 Å². The summed E-state index contributed by atoms with van der Waals surface area (Å²) in [6.07, 6.45) is 14.6. The minimum absolute atomic E-state index is 0. The molecule has 0 bridgehead atoms. The first-order chi connectivity index (χ1) is 20.1. The van der Waals surface area contributed by atoms with Gasteiger partial charge >= 0.3 is 16.4 Å². The van der Waals surface area contributed by atoms with Gasteiger partial charge in [-0.1, -0.05) is 51.2 Å². The van der Waals surface area contributed by atoms with E-state index in [0.29, 0.717) is 32.1 Å². The van der Waals surface area contributed by atoms with E-state index in [9.17, 15) is 37.8 Å². The van der Waals surface area contributed by atoms with Crippen LogP contribution in [0.1, 0.15) is 110 Å². The van der Waals surface area contributed by atoms with E-state index >= 15 is 0 Å². The third-order valence-electron chi connectivity index (χ3n) is 10.6. The van der Waals surface area contributed by atoms with Gasteiger partial charge in [0.05, 0.1) is 0 Å². The van der Waals surface area contributed by atoms with Crippen LogP contribution >= 0.6 is 0 Å². The van der Waals surface area contributed by atoms with Crippen LogP contribution in [0.15, 0.2) is 24.3 Å². The molecule has 10 nitrogen and oxygen atoms in total. The number of carbonyl (C=O) groups excluding carboxylic acids is 4. The Morgan fingerprint density at radius 3 is 2.30 bits per heavy atom. The average molecular weight is 690 g/mol. The van der Waals surface area contributed by atoms with Crippen molar-refractivity contribution in [3.05, 3.63) is 24.3 Å². The Labute approximate surface area is 274 Å². The van der Waals surface area contributed by atoms with Gasteiger partial charge in [0.2, 0.25) is 0 Å². The van der Waals surface area contributed by atoms with E-state index in [-0.39, 0.29) is 67.1 Å². The van der Waals surface area contributed by atoms with Crippen molar-refractivity contribution in [1.82, 2.24) is 0 Å². The van der Waals surface area contributed by atoms with Gasteiger partial charge in [-0.05, 0) is 74.7 Å². The molecule has 3 saturated carbocycles. The van der Waals surface area contributed by atoms with Crippen LogP contribution in [0.2, 0.25) is 0 Å². The Morgan fingerprint density at radius 2 is 1.68 bits per heavy atom. The van der Waals surface area contributed by atoms with Gasteiger partial charge in [0.25, 0.3) is 0 Å². The molecule has 0 heterocycles. The molecule has 44 heavy (non-hydrogen) atoms. The number of hydrogen-bond donors (Lipinski definition) is 3. The summed E-state index contributed by atoms with van der Waals surface area (Å²) in [6, 6.07) is 0. The summed E-state index contributed by atoms with van der Waals surface area (Å²) in [6.45, 7) is 6.94. The van der Waals surface area contributed by atoms with Gasteiger partial charge in [0, 0.05) is 50.1 Å². The Kier molecular flexibility index (Phi) is 13.9. The largest absolute Gasteiger partial charge is 0.448 e. The molecule has 244 valence electrons. The Bertz CT molecular complexity index is 1230. The second-order valence-electron chi connectivity index (χ2n) is 13.2. The Balaban J connectivity index is 0.000000331. The summed E-state index contributed by atoms with van der Waals surface area (Å²) in [5.41, 5.74) is -1.55. The van der Waals surface area contributed by atoms with E-state index in [0.717, 1.165) is 56.9 Å². The van der Waals surface area contributed by atoms with E-state index < -0.39 is 39.8 Å². The maximum Gasteiger partial charge on any atom is 0.448 e. The Hall–Kier alpha value is -1.59. The number of aliphatic hydroxyl groups is 2. The molecule has 0 aromatic carbocycles. The average Bonchev–Trinajstić information content (AvgIpc) is 3.20. The number of hydrogen-bond acceptors (Lipinski definition) is 9. The molecule has 4 rings (SSSR count). The number of fused-ring (bicyclic) bond motifs is 5. The number of carbonyl (C=O) groups is 4. The fourth-order valence-corrected chi connectivity index (χ4v) is 8.72. The fraction of sp³-hybridized carbons (Fsp3) is 0.750. The zero-order valence-corrected chi connectivity index (χ0v) is 30.0. The molecule has 12 heteroatoms. The van der Waals surface area contributed by atoms with Crippen molar-refractivity contribution in [2.45, 2.75) is 116 Å². The first kappa shape index (κ1) is 38.6. The molecular formula is C32H48O10SZn. The van der Waals surface area contributed by atoms with Crippen LogP contribution in [0.4, 0.5) is 0 Å². The molecule has 0 saturated heterocycles. The van der Waals surface area contributed by atoms with Crippen LogP contribution in [-0.4, -0.2) is 58.7 Å². The van der Waals surface area contributed by atoms with Crippen LogP contribution in [0.3, 0.4) is 0 Å². The summed E-state index contributed by atoms with van der Waals surface area (Å²) in [5, 5.41) is 20.5. The summed E-state index contributed by atoms with van der Waals surface area (Å²) in [5.74, 6) is -1.08. The van der Waals surface area contributed by atoms with Crippen molar-refractivity contribution in [2.75, 3.05) is 6.61 Å². The molecule has 4 aliphatic carbocycles. The van der Waals surface area contributed by atoms with Crippen molar-refractivity contribution in [3.63, 3.8) is 0 Å². The number of ketones is 3. The van der Waals surface area contributed by atoms with Crippen molar-refractivity contribution in [3.8, 4) is 0 Å². The number of rotatable bonds is 12. The molecule has 0 aromatic heterocycles. The molecular weight excluding hydrogens is 642 g/mol. The van der Waals surface area contributed by atoms with Crippen molar-refractivity contribution in [1.29, 1.82) is 0 Å². The third kappa shape index (κ3) is 8.41. The number of aliphatic hydroxyl groups excluding tert-OH is 1. The molecule has 0 spiro atoms. The maximum atomic E-state index is 13.3. The van der Waals surface area contributed by atoms with E-state index in [1.54, 1.807) is 6.08 Å². The number of unbranched alkanes of at least 4 members (excludes halogenated alkanes) is 6. The van der Waals surface area contributed by atoms with E-state index in [4.69, 9.17) is 4.55 Å². The molecule has 0 radical (unpaired) electrons. The minimum Gasteiger partial charge on any atom is -0.388 e. The molecule has 4 aliphatic rings. The molecule has 3 fully saturated rings. The summed E-state index contributed by atoms with van der Waals surface area (Å²) in [7, 11) is -4.64. The molecule has 0 aromatic rings. The zero-order valence-electron chi connectivity index (χ0n) is 26.2. The molecule has 0 amide bonds. The third-order valence-corrected chi connectivity index (χ3v) is 11.0. The van der Waals surface area contributed by atoms with Gasteiger partial charge in [-0.3, -0.25) is 23.7 Å². The topological polar surface area (TPSA) is 172 Å². The minimum atomic E-state index is -4.64. The normalized spacial score (nSPS) is 32.5. The van der Waals surface area contributed by atoms with Gasteiger partial charge in [-0.2, -0.15) is 8.42 Å². The first-order valence-electron chi connectivity index (χ1n) is 15.6. The Morgan fingerprint density at radius 1 is 1.05 bits per heavy atom. The first-order valence-corrected chi connectivity index (χ1v) is 16.9. The van der Waals surface area contributed by atoms with Gasteiger partial charge < -0.3 is 14.4 Å². The second-order valence-corrected chi connectivity index (χ2v) is 14.2. The predicted octanol–water partition coefficient (Wildman–Crippen LogP) is 4.63. The van der Waals surface area contributed by atoms with E-state index in [1.807, 2.05) is 13.0 Å². The fourth-order valence-electron chi connectivity index (χ4n) is 8.40. The quantitative estimate of drug-likeness (QED) is 0.114. The second kappa shape index (κ2) is 15.8. The molecule has 6 atom stereocenters. The predicted molar refractivity (Wildman–Crippen MR) is 159 cm³/mol. The van der Waals surface area contributed by atoms with Crippen LogP contribution in [-0.2, 0) is 53.2 Å². The molecule has 0 unspecified atom stereocenters. The maximum absolute atomic E-state index is 13.3. The van der Waals surface area contributed by atoms with Gasteiger partial charge in [-0.15, -0.1) is 6.58 Å². The molecule has 3 N–H and O–H groups in total. The van der Waals surface area contributed by atoms with Crippen molar-refractivity contribution in [2.24, 2.45) is 28.6 Å². The summed E-state index contributed by atoms with van der Waals surface area (Å²) >= 11 is 0. The van der Waals surface area contributed by atoms with Gasteiger partial charge in [0.1, 0.15) is 18.0 Å². The number of Topliss-reactive ketones (excluding diaryl/α,β-unsaturated/α-hetero) is 2. The van der Waals surface area contributed by atoms with E-state index in [1.165, 1.54) is 0 Å². The van der Waals surface area contributed by atoms with Crippen LogP contribution in [0, 0.1) is 28.6 Å². The standard InChI is InChI=1S/C21H28O5.C11H20O5S.Zn/c1-19-7-5-13(23)9-12(19)3-4-14-15-6-8-21(26,17(25)11-22)20(15,2)10-16(24)18(14)19;1-2-3-4-5-6-7-8-9-10-11(12)16-17(13,14)15;/h9,14-15,18,22,26H,3-8,10-11H2,1-2H3;2H,1,3-10H2,(H,13,14,15);/t14-,15-,18+,19-,20-,21-;;/m0../s1. The van der Waals surface area contributed by atoms with E-state index in [2.05, 4.69) is 17.7 Å². The van der Waals surface area contributed by atoms with Crippen molar-refractivity contribution < 1.29 is 66.0 Å². The summed E-state index contributed by atoms with van der Waals surface area (Å²) < 4.78 is 32.4. The van der Waals surface area contributed by atoms with Crippen LogP contribution < -0.4 is 0 Å². The summed E-state index contributed by atoms with van der Waals surface area (Å²) in [4.78, 5) is 48.4. The smallest absolute Gasteiger partial charge is 0.388 e.